The fourth-order valence-electron chi connectivity index (χ4n) is 3.21. The van der Waals surface area contributed by atoms with Crippen molar-refractivity contribution in [1.29, 1.82) is 0 Å². The molecule has 1 aliphatic rings. The van der Waals surface area contributed by atoms with E-state index >= 15 is 0 Å². The minimum absolute atomic E-state index is 0.0140. The zero-order chi connectivity index (χ0) is 23.7. The van der Waals surface area contributed by atoms with Gasteiger partial charge in [-0.2, -0.15) is 0 Å². The van der Waals surface area contributed by atoms with Crippen LogP contribution >= 0.6 is 43.6 Å². The zero-order valence-corrected chi connectivity index (χ0v) is 22.1. The number of halogens is 2. The number of anilines is 1. The molecule has 3 aromatic rings. The SMILES string of the molecule is COc1cc(/C=C2\SC(=Nc3ccc(C)cc3)N(c3ccc(C)cc3)C2=O)c(Br)c(Br)c1O. The highest BCUT2D eigenvalue weighted by molar-refractivity contribution is 9.13. The second kappa shape index (κ2) is 9.75. The summed E-state index contributed by atoms with van der Waals surface area (Å²) in [4.78, 5) is 20.4. The fraction of sp³-hybridized carbons (Fsp3) is 0.120. The number of aliphatic imine (C=N–C) groups is 1. The van der Waals surface area contributed by atoms with Crippen LogP contribution in [0.5, 0.6) is 11.5 Å². The number of amides is 1. The van der Waals surface area contributed by atoms with E-state index < -0.39 is 0 Å². The molecule has 1 saturated heterocycles. The van der Waals surface area contributed by atoms with E-state index in [1.54, 1.807) is 17.0 Å². The minimum Gasteiger partial charge on any atom is -0.503 e. The van der Waals surface area contributed by atoms with Crippen LogP contribution in [0.1, 0.15) is 16.7 Å². The molecular weight excluding hydrogens is 568 g/mol. The third-order valence-electron chi connectivity index (χ3n) is 5.04. The summed E-state index contributed by atoms with van der Waals surface area (Å²) in [6, 6.07) is 17.3. The van der Waals surface area contributed by atoms with Crippen LogP contribution in [0.15, 0.2) is 73.4 Å². The van der Waals surface area contributed by atoms with Crippen LogP contribution < -0.4 is 9.64 Å². The number of methoxy groups -OCH3 is 1. The highest BCUT2D eigenvalue weighted by Crippen LogP contribution is 2.44. The van der Waals surface area contributed by atoms with Gasteiger partial charge in [0, 0.05) is 4.47 Å². The molecule has 0 atom stereocenters. The monoisotopic (exact) mass is 586 g/mol. The molecule has 0 unspecified atom stereocenters. The van der Waals surface area contributed by atoms with Crippen molar-refractivity contribution in [3.8, 4) is 11.5 Å². The van der Waals surface area contributed by atoms with Gasteiger partial charge in [-0.3, -0.25) is 9.69 Å². The molecule has 0 bridgehead atoms. The van der Waals surface area contributed by atoms with Crippen LogP contribution in [0.3, 0.4) is 0 Å². The van der Waals surface area contributed by atoms with E-state index in [0.29, 0.717) is 30.3 Å². The maximum Gasteiger partial charge on any atom is 0.271 e. The number of phenols is 1. The first kappa shape index (κ1) is 23.6. The second-order valence-electron chi connectivity index (χ2n) is 7.46. The molecule has 1 amide bonds. The van der Waals surface area contributed by atoms with Crippen LogP contribution in [0, 0.1) is 13.8 Å². The van der Waals surface area contributed by atoms with E-state index in [-0.39, 0.29) is 11.7 Å². The lowest BCUT2D eigenvalue weighted by molar-refractivity contribution is -0.113. The van der Waals surface area contributed by atoms with Gasteiger partial charge in [0.1, 0.15) is 0 Å². The third-order valence-corrected chi connectivity index (χ3v) is 8.17. The molecular formula is C25H20Br2N2O3S. The molecule has 0 spiro atoms. The number of rotatable bonds is 4. The van der Waals surface area contributed by atoms with Gasteiger partial charge in [0.15, 0.2) is 16.7 Å². The lowest BCUT2D eigenvalue weighted by Crippen LogP contribution is -2.28. The fourth-order valence-corrected chi connectivity index (χ4v) is 5.05. The van der Waals surface area contributed by atoms with Gasteiger partial charge in [-0.15, -0.1) is 0 Å². The number of hydrogen-bond acceptors (Lipinski definition) is 5. The van der Waals surface area contributed by atoms with Crippen LogP contribution in [-0.4, -0.2) is 23.3 Å². The quantitative estimate of drug-likeness (QED) is 0.324. The molecule has 168 valence electrons. The van der Waals surface area contributed by atoms with Gasteiger partial charge in [0.2, 0.25) is 0 Å². The van der Waals surface area contributed by atoms with Crippen molar-refractivity contribution in [3.05, 3.63) is 85.1 Å². The van der Waals surface area contributed by atoms with Crippen molar-refractivity contribution in [1.82, 2.24) is 0 Å². The standard InChI is InChI=1S/C25H20Br2N2O3S/c1-14-4-8-17(9-5-14)28-25-29(18-10-6-15(2)7-11-18)24(31)20(33-25)13-16-12-19(32-3)23(30)22(27)21(16)26/h4-13,30H,1-3H3/b20-13-,28-25?. The summed E-state index contributed by atoms with van der Waals surface area (Å²) in [6.07, 6.45) is 1.77. The number of amidine groups is 1. The van der Waals surface area contributed by atoms with Crippen LogP contribution in [0.25, 0.3) is 6.08 Å². The van der Waals surface area contributed by atoms with Crippen molar-refractivity contribution in [3.63, 3.8) is 0 Å². The topological polar surface area (TPSA) is 62.1 Å². The molecule has 3 aromatic carbocycles. The summed E-state index contributed by atoms with van der Waals surface area (Å²) in [5, 5.41) is 10.8. The summed E-state index contributed by atoms with van der Waals surface area (Å²) < 4.78 is 6.34. The van der Waals surface area contributed by atoms with E-state index in [0.717, 1.165) is 22.5 Å². The van der Waals surface area contributed by atoms with E-state index in [9.17, 15) is 9.90 Å². The lowest BCUT2D eigenvalue weighted by atomic mass is 10.1. The number of benzene rings is 3. The smallest absolute Gasteiger partial charge is 0.271 e. The molecule has 0 radical (unpaired) electrons. The summed E-state index contributed by atoms with van der Waals surface area (Å²) >= 11 is 8.17. The first-order chi connectivity index (χ1) is 15.8. The molecule has 4 rings (SSSR count). The molecule has 8 heteroatoms. The Kier molecular flexibility index (Phi) is 6.97. The number of aromatic hydroxyl groups is 1. The molecule has 0 saturated carbocycles. The first-order valence-electron chi connectivity index (χ1n) is 9.99. The number of carbonyl (C=O) groups excluding carboxylic acids is 1. The van der Waals surface area contributed by atoms with E-state index in [1.165, 1.54) is 18.9 Å². The number of nitrogens with zero attached hydrogens (tertiary/aromatic N) is 2. The zero-order valence-electron chi connectivity index (χ0n) is 18.1. The van der Waals surface area contributed by atoms with Crippen LogP contribution in [0.4, 0.5) is 11.4 Å². The van der Waals surface area contributed by atoms with Gasteiger partial charge in [-0.05, 0) is 99.4 Å². The normalized spacial score (nSPS) is 16.2. The number of aryl methyl sites for hydroxylation is 2. The lowest BCUT2D eigenvalue weighted by Gasteiger charge is -2.16. The average Bonchev–Trinajstić information content (AvgIpc) is 3.10. The number of hydrogen-bond donors (Lipinski definition) is 1. The Labute approximate surface area is 213 Å². The molecule has 1 heterocycles. The molecule has 0 aromatic heterocycles. The van der Waals surface area contributed by atoms with Gasteiger partial charge < -0.3 is 9.84 Å². The highest BCUT2D eigenvalue weighted by Gasteiger charge is 2.35. The van der Waals surface area contributed by atoms with Crippen molar-refractivity contribution in [2.45, 2.75) is 13.8 Å². The predicted molar refractivity (Wildman–Crippen MR) is 143 cm³/mol. The van der Waals surface area contributed by atoms with E-state index in [1.807, 2.05) is 62.4 Å². The Morgan fingerprint density at radius 3 is 2.21 bits per heavy atom. The Morgan fingerprint density at radius 2 is 1.61 bits per heavy atom. The maximum absolute atomic E-state index is 13.5. The van der Waals surface area contributed by atoms with E-state index in [2.05, 4.69) is 31.9 Å². The summed E-state index contributed by atoms with van der Waals surface area (Å²) in [5.41, 5.74) is 4.45. The Morgan fingerprint density at radius 1 is 1.00 bits per heavy atom. The predicted octanol–water partition coefficient (Wildman–Crippen LogP) is 7.35. The van der Waals surface area contributed by atoms with Crippen molar-refractivity contribution in [2.75, 3.05) is 12.0 Å². The van der Waals surface area contributed by atoms with Gasteiger partial charge in [-0.1, -0.05) is 35.4 Å². The number of thioether (sulfide) groups is 1. The molecule has 0 aliphatic carbocycles. The third kappa shape index (κ3) is 4.88. The molecule has 33 heavy (non-hydrogen) atoms. The summed E-state index contributed by atoms with van der Waals surface area (Å²) in [6.45, 7) is 4.02. The van der Waals surface area contributed by atoms with Crippen LogP contribution in [0.2, 0.25) is 0 Å². The summed E-state index contributed by atoms with van der Waals surface area (Å²) in [5.74, 6) is 0.112. The molecule has 5 nitrogen and oxygen atoms in total. The van der Waals surface area contributed by atoms with Crippen molar-refractivity contribution in [2.24, 2.45) is 4.99 Å². The molecule has 1 N–H and O–H groups in total. The Bertz CT molecular complexity index is 1290. The number of carbonyl (C=O) groups is 1. The largest absolute Gasteiger partial charge is 0.503 e. The van der Waals surface area contributed by atoms with Crippen molar-refractivity contribution < 1.29 is 14.6 Å². The first-order valence-corrected chi connectivity index (χ1v) is 12.4. The minimum atomic E-state index is -0.176. The average molecular weight is 588 g/mol. The molecule has 1 aliphatic heterocycles. The van der Waals surface area contributed by atoms with Gasteiger partial charge >= 0.3 is 0 Å². The van der Waals surface area contributed by atoms with E-state index in [4.69, 9.17) is 9.73 Å². The van der Waals surface area contributed by atoms with Gasteiger partial charge in [-0.25, -0.2) is 4.99 Å². The Hall–Kier alpha value is -2.55. The van der Waals surface area contributed by atoms with Gasteiger partial charge in [0.25, 0.3) is 5.91 Å². The van der Waals surface area contributed by atoms with Crippen molar-refractivity contribution >= 4 is 72.1 Å². The molecule has 1 fully saturated rings. The second-order valence-corrected chi connectivity index (χ2v) is 10.1. The van der Waals surface area contributed by atoms with Crippen LogP contribution in [-0.2, 0) is 4.79 Å². The summed E-state index contributed by atoms with van der Waals surface area (Å²) in [7, 11) is 1.48. The van der Waals surface area contributed by atoms with Gasteiger partial charge in [0.05, 0.1) is 27.9 Å². The number of phenolic OH excluding ortho intramolecular Hbond substituents is 1. The maximum atomic E-state index is 13.5. The highest BCUT2D eigenvalue weighted by atomic mass is 79.9. The Balaban J connectivity index is 1.82. The number of ether oxygens (including phenoxy) is 1.